The number of hydrogen-bond acceptors (Lipinski definition) is 5. The molecule has 0 saturated carbocycles. The van der Waals surface area contributed by atoms with E-state index in [1.54, 1.807) is 16.7 Å². The summed E-state index contributed by atoms with van der Waals surface area (Å²) < 4.78 is 26.7. The molecule has 2 amide bonds. The van der Waals surface area contributed by atoms with Gasteiger partial charge in [0.05, 0.1) is 17.4 Å². The van der Waals surface area contributed by atoms with Gasteiger partial charge in [-0.15, -0.1) is 4.83 Å². The summed E-state index contributed by atoms with van der Waals surface area (Å²) in [6.45, 7) is 0. The molecule has 3 N–H and O–H groups in total. The van der Waals surface area contributed by atoms with E-state index in [-0.39, 0.29) is 16.5 Å². The van der Waals surface area contributed by atoms with E-state index in [0.717, 1.165) is 11.3 Å². The Morgan fingerprint density at radius 1 is 1.10 bits per heavy atom. The van der Waals surface area contributed by atoms with Crippen LogP contribution in [0.3, 0.4) is 0 Å². The average molecular weight is 411 g/mol. The number of hydrogen-bond donors (Lipinski definition) is 3. The molecule has 148 valence electrons. The number of aromatic nitrogens is 2. The summed E-state index contributed by atoms with van der Waals surface area (Å²) in [6, 6.07) is 13.5. The third-order valence-electron chi connectivity index (χ3n) is 4.49. The van der Waals surface area contributed by atoms with Gasteiger partial charge in [0.1, 0.15) is 5.69 Å². The van der Waals surface area contributed by atoms with Crippen LogP contribution in [0, 0.1) is 0 Å². The van der Waals surface area contributed by atoms with E-state index in [1.807, 2.05) is 18.2 Å². The van der Waals surface area contributed by atoms with Crippen LogP contribution in [-0.2, 0) is 21.2 Å². The first kappa shape index (κ1) is 18.8. The highest BCUT2D eigenvalue weighted by Gasteiger charge is 2.21. The first-order valence-electron chi connectivity index (χ1n) is 8.77. The lowest BCUT2D eigenvalue weighted by atomic mass is 10.0. The molecular formula is C19H17N5O4S. The van der Waals surface area contributed by atoms with Crippen LogP contribution in [0.1, 0.15) is 22.5 Å². The standard InChI is InChI=1S/C19H17N5O4S/c25-18-9-6-13-10-15(7-8-16(13)21-18)29(27,28)23-22-19(26)17-11-20-12-24(17)14-4-2-1-3-5-14/h1-5,7-8,10-12,23H,6,9H2,(H,21,25)(H,22,26). The molecule has 1 aliphatic rings. The molecule has 0 saturated heterocycles. The van der Waals surface area contributed by atoms with Gasteiger partial charge in [0.15, 0.2) is 0 Å². The van der Waals surface area contributed by atoms with Crippen molar-refractivity contribution in [2.45, 2.75) is 17.7 Å². The predicted octanol–water partition coefficient (Wildman–Crippen LogP) is 1.38. The molecule has 0 fully saturated rings. The molecule has 29 heavy (non-hydrogen) atoms. The molecule has 0 aliphatic carbocycles. The van der Waals surface area contributed by atoms with Crippen LogP contribution in [0.25, 0.3) is 5.69 Å². The number of fused-ring (bicyclic) bond motifs is 1. The second-order valence-electron chi connectivity index (χ2n) is 6.41. The summed E-state index contributed by atoms with van der Waals surface area (Å²) in [5, 5.41) is 2.70. The lowest BCUT2D eigenvalue weighted by Crippen LogP contribution is -2.42. The Kier molecular flexibility index (Phi) is 4.87. The van der Waals surface area contributed by atoms with Crippen LogP contribution in [0.2, 0.25) is 0 Å². The number of nitrogens with one attached hydrogen (secondary N) is 3. The van der Waals surface area contributed by atoms with Crippen molar-refractivity contribution in [1.29, 1.82) is 0 Å². The summed E-state index contributed by atoms with van der Waals surface area (Å²) in [5.74, 6) is -0.756. The smallest absolute Gasteiger partial charge is 0.284 e. The molecule has 10 heteroatoms. The number of benzene rings is 2. The Balaban J connectivity index is 1.50. The number of aryl methyl sites for hydroxylation is 1. The van der Waals surface area contributed by atoms with Crippen molar-refractivity contribution in [3.8, 4) is 5.69 Å². The molecule has 1 aromatic heterocycles. The van der Waals surface area contributed by atoms with E-state index in [1.165, 1.54) is 30.7 Å². The third-order valence-corrected chi connectivity index (χ3v) is 5.73. The van der Waals surface area contributed by atoms with Crippen LogP contribution in [0.15, 0.2) is 66.0 Å². The molecule has 1 aliphatic heterocycles. The van der Waals surface area contributed by atoms with E-state index in [0.29, 0.717) is 18.5 Å². The highest BCUT2D eigenvalue weighted by atomic mass is 32.2. The summed E-state index contributed by atoms with van der Waals surface area (Å²) in [6.07, 6.45) is 3.56. The van der Waals surface area contributed by atoms with E-state index >= 15 is 0 Å². The molecule has 9 nitrogen and oxygen atoms in total. The number of carbonyl (C=O) groups excluding carboxylic acids is 2. The monoisotopic (exact) mass is 411 g/mol. The minimum atomic E-state index is -4.00. The van der Waals surface area contributed by atoms with Crippen LogP contribution in [-0.4, -0.2) is 29.8 Å². The zero-order valence-electron chi connectivity index (χ0n) is 15.1. The Hall–Kier alpha value is -3.50. The van der Waals surface area contributed by atoms with Crippen molar-refractivity contribution in [2.75, 3.05) is 5.32 Å². The highest BCUT2D eigenvalue weighted by Crippen LogP contribution is 2.25. The van der Waals surface area contributed by atoms with Crippen LogP contribution < -0.4 is 15.6 Å². The maximum absolute atomic E-state index is 12.6. The van der Waals surface area contributed by atoms with Crippen molar-refractivity contribution in [3.05, 3.63) is 72.3 Å². The molecule has 0 unspecified atom stereocenters. The van der Waals surface area contributed by atoms with E-state index in [4.69, 9.17) is 0 Å². The van der Waals surface area contributed by atoms with Gasteiger partial charge < -0.3 is 5.32 Å². The zero-order valence-corrected chi connectivity index (χ0v) is 15.9. The molecule has 4 rings (SSSR count). The number of rotatable bonds is 5. The number of anilines is 1. The van der Waals surface area contributed by atoms with Crippen molar-refractivity contribution in [1.82, 2.24) is 19.8 Å². The van der Waals surface area contributed by atoms with Gasteiger partial charge in [-0.25, -0.2) is 13.4 Å². The Bertz CT molecular complexity index is 1190. The number of carbonyl (C=O) groups is 2. The van der Waals surface area contributed by atoms with Gasteiger partial charge in [-0.2, -0.15) is 0 Å². The summed E-state index contributed by atoms with van der Waals surface area (Å²) in [7, 11) is -4.00. The Morgan fingerprint density at radius 3 is 2.69 bits per heavy atom. The van der Waals surface area contributed by atoms with Gasteiger partial charge in [0.2, 0.25) is 5.91 Å². The van der Waals surface area contributed by atoms with Crippen LogP contribution in [0.5, 0.6) is 0 Å². The third kappa shape index (κ3) is 3.89. The van der Waals surface area contributed by atoms with Crippen molar-refractivity contribution in [3.63, 3.8) is 0 Å². The summed E-state index contributed by atoms with van der Waals surface area (Å²) in [4.78, 5) is 30.0. The van der Waals surface area contributed by atoms with E-state index in [9.17, 15) is 18.0 Å². The quantitative estimate of drug-likeness (QED) is 0.548. The first-order valence-corrected chi connectivity index (χ1v) is 10.2. The maximum Gasteiger partial charge on any atom is 0.284 e. The number of hydrazine groups is 1. The SMILES string of the molecule is O=C1CCc2cc(S(=O)(=O)NNC(=O)c3cncn3-c3ccccc3)ccc2N1. The van der Waals surface area contributed by atoms with Crippen molar-refractivity contribution < 1.29 is 18.0 Å². The first-order chi connectivity index (χ1) is 13.9. The second kappa shape index (κ2) is 7.49. The minimum Gasteiger partial charge on any atom is -0.326 e. The van der Waals surface area contributed by atoms with Gasteiger partial charge in [-0.05, 0) is 42.3 Å². The normalized spacial score (nSPS) is 13.4. The minimum absolute atomic E-state index is 0.00994. The van der Waals surface area contributed by atoms with Gasteiger partial charge in [-0.1, -0.05) is 18.2 Å². The highest BCUT2D eigenvalue weighted by molar-refractivity contribution is 7.89. The van der Waals surface area contributed by atoms with Gasteiger partial charge in [0, 0.05) is 17.8 Å². The summed E-state index contributed by atoms with van der Waals surface area (Å²) in [5.41, 5.74) is 4.42. The molecule has 0 atom stereocenters. The fraction of sp³-hybridized carbons (Fsp3) is 0.105. The Morgan fingerprint density at radius 2 is 1.90 bits per heavy atom. The number of nitrogens with zero attached hydrogens (tertiary/aromatic N) is 2. The molecule has 0 radical (unpaired) electrons. The van der Waals surface area contributed by atoms with E-state index < -0.39 is 15.9 Å². The fourth-order valence-electron chi connectivity index (χ4n) is 3.02. The average Bonchev–Trinajstić information content (AvgIpc) is 3.22. The fourth-order valence-corrected chi connectivity index (χ4v) is 3.91. The Labute approximate surface area is 166 Å². The maximum atomic E-state index is 12.6. The molecule has 0 spiro atoms. The molecule has 2 aromatic carbocycles. The lowest BCUT2D eigenvalue weighted by molar-refractivity contribution is -0.116. The van der Waals surface area contributed by atoms with Crippen LogP contribution >= 0.6 is 0 Å². The predicted molar refractivity (Wildman–Crippen MR) is 105 cm³/mol. The summed E-state index contributed by atoms with van der Waals surface area (Å²) >= 11 is 0. The van der Waals surface area contributed by atoms with Gasteiger partial charge in [0.25, 0.3) is 15.9 Å². The van der Waals surface area contributed by atoms with E-state index in [2.05, 4.69) is 20.6 Å². The second-order valence-corrected chi connectivity index (χ2v) is 8.09. The number of para-hydroxylation sites is 1. The number of amides is 2. The van der Waals surface area contributed by atoms with Gasteiger partial charge in [-0.3, -0.25) is 19.6 Å². The van der Waals surface area contributed by atoms with Crippen molar-refractivity contribution >= 4 is 27.5 Å². The molecule has 3 aromatic rings. The largest absolute Gasteiger partial charge is 0.326 e. The van der Waals surface area contributed by atoms with Gasteiger partial charge >= 0.3 is 0 Å². The van der Waals surface area contributed by atoms with Crippen LogP contribution in [0.4, 0.5) is 5.69 Å². The zero-order chi connectivity index (χ0) is 20.4. The number of imidazole rings is 1. The number of sulfonamides is 1. The molecule has 0 bridgehead atoms. The topological polar surface area (TPSA) is 122 Å². The molecular weight excluding hydrogens is 394 g/mol. The molecule has 2 heterocycles. The lowest BCUT2D eigenvalue weighted by Gasteiger charge is -2.17. The van der Waals surface area contributed by atoms with Crippen molar-refractivity contribution in [2.24, 2.45) is 0 Å².